The third kappa shape index (κ3) is 4.56. The normalized spacial score (nSPS) is 20.4. The van der Waals surface area contributed by atoms with E-state index in [0.717, 1.165) is 21.9 Å². The molecule has 34 heavy (non-hydrogen) atoms. The number of carboxylic acids is 1. The van der Waals surface area contributed by atoms with Crippen molar-refractivity contribution in [3.63, 3.8) is 0 Å². The maximum atomic E-state index is 12.9. The van der Waals surface area contributed by atoms with Gasteiger partial charge in [-0.25, -0.2) is 14.8 Å². The predicted molar refractivity (Wildman–Crippen MR) is 130 cm³/mol. The van der Waals surface area contributed by atoms with Gasteiger partial charge in [-0.1, -0.05) is 11.2 Å². The molecule has 2 aromatic rings. The topological polar surface area (TPSA) is 160 Å². The molecular weight excluding hydrogens is 500 g/mol. The Hall–Kier alpha value is -3.23. The van der Waals surface area contributed by atoms with Crippen LogP contribution in [0.4, 0.5) is 5.13 Å². The summed E-state index contributed by atoms with van der Waals surface area (Å²) < 4.78 is 0. The lowest BCUT2D eigenvalue weighted by Gasteiger charge is -2.49. The molecule has 2 aliphatic heterocycles. The summed E-state index contributed by atoms with van der Waals surface area (Å²) >= 11 is 3.95. The molecule has 4 rings (SSSR count). The van der Waals surface area contributed by atoms with Crippen LogP contribution in [0.25, 0.3) is 6.08 Å². The zero-order chi connectivity index (χ0) is 24.4. The Balaban J connectivity index is 1.54. The fourth-order valence-electron chi connectivity index (χ4n) is 3.36. The van der Waals surface area contributed by atoms with Crippen molar-refractivity contribution in [1.82, 2.24) is 20.2 Å². The number of nitrogens with one attached hydrogen (secondary N) is 1. The molecule has 2 amide bonds. The predicted octanol–water partition coefficient (Wildman–Crippen LogP) is 1.68. The zero-order valence-corrected chi connectivity index (χ0v) is 20.5. The van der Waals surface area contributed by atoms with Crippen LogP contribution in [0.15, 0.2) is 33.4 Å². The standard InChI is InChI=1S/C20H20N6O5S3/c1-3-31-25-13(11-7-33-20(21)23-11)16(27)24-14-17(28)26-15(19(29)30)10(6-32-18(14)26)4-5-12-9(2)22-8-34-12/h4-5,7-8,14,18H,3,6H2,1-2H3,(H2,21,23)(H,24,27)(H,29,30)/t14?,18-/m1/s1. The smallest absolute Gasteiger partial charge is 0.352 e. The Kier molecular flexibility index (Phi) is 7.00. The molecule has 1 fully saturated rings. The summed E-state index contributed by atoms with van der Waals surface area (Å²) in [7, 11) is 0. The number of nitrogen functional groups attached to an aromatic ring is 1. The van der Waals surface area contributed by atoms with Crippen LogP contribution in [0, 0.1) is 6.92 Å². The molecule has 14 heteroatoms. The molecule has 4 heterocycles. The zero-order valence-electron chi connectivity index (χ0n) is 18.0. The number of carboxylic acid groups (broad SMARTS) is 1. The first-order valence-corrected chi connectivity index (χ1v) is 12.8. The summed E-state index contributed by atoms with van der Waals surface area (Å²) in [6.45, 7) is 3.81. The molecular formula is C20H20N6O5S3. The molecule has 0 spiro atoms. The molecule has 0 radical (unpaired) electrons. The molecule has 1 saturated heterocycles. The second kappa shape index (κ2) is 9.95. The quantitative estimate of drug-likeness (QED) is 0.267. The van der Waals surface area contributed by atoms with Crippen molar-refractivity contribution in [2.24, 2.45) is 5.16 Å². The van der Waals surface area contributed by atoms with Gasteiger partial charge in [-0.05, 0) is 25.5 Å². The number of hydrogen-bond acceptors (Lipinski definition) is 11. The Morgan fingerprint density at radius 3 is 2.82 bits per heavy atom. The first kappa shape index (κ1) is 23.9. The number of hydrogen-bond donors (Lipinski definition) is 3. The van der Waals surface area contributed by atoms with E-state index in [1.165, 1.54) is 28.0 Å². The van der Waals surface area contributed by atoms with Crippen molar-refractivity contribution in [3.8, 4) is 0 Å². The highest BCUT2D eigenvalue weighted by molar-refractivity contribution is 8.00. The van der Waals surface area contributed by atoms with Gasteiger partial charge in [0.25, 0.3) is 11.8 Å². The van der Waals surface area contributed by atoms with Gasteiger partial charge >= 0.3 is 5.97 Å². The highest BCUT2D eigenvalue weighted by Gasteiger charge is 2.54. The lowest BCUT2D eigenvalue weighted by atomic mass is 10.0. The summed E-state index contributed by atoms with van der Waals surface area (Å²) in [5.74, 6) is -2.03. The van der Waals surface area contributed by atoms with E-state index in [0.29, 0.717) is 11.3 Å². The number of β-lactam (4-membered cyclic amide) rings is 1. The molecule has 0 aromatic carbocycles. The van der Waals surface area contributed by atoms with E-state index in [1.807, 2.05) is 6.92 Å². The molecule has 2 aromatic heterocycles. The third-order valence-electron chi connectivity index (χ3n) is 4.97. The number of anilines is 1. The van der Waals surface area contributed by atoms with Gasteiger partial charge in [0.2, 0.25) is 0 Å². The van der Waals surface area contributed by atoms with Gasteiger partial charge < -0.3 is 21.0 Å². The molecule has 0 bridgehead atoms. The second-order valence-corrected chi connectivity index (χ2v) is 9.98. The van der Waals surface area contributed by atoms with Crippen LogP contribution in [0.3, 0.4) is 0 Å². The highest BCUT2D eigenvalue weighted by Crippen LogP contribution is 2.41. The number of oxime groups is 1. The first-order chi connectivity index (χ1) is 16.3. The number of carbonyl (C=O) groups is 3. The number of nitrogens with two attached hydrogens (primary N) is 1. The fourth-order valence-corrected chi connectivity index (χ4v) is 5.92. The minimum Gasteiger partial charge on any atom is -0.477 e. The van der Waals surface area contributed by atoms with E-state index in [2.05, 4.69) is 20.4 Å². The molecule has 11 nitrogen and oxygen atoms in total. The van der Waals surface area contributed by atoms with Crippen LogP contribution in [-0.4, -0.2) is 67.2 Å². The number of allylic oxidation sites excluding steroid dienone is 1. The van der Waals surface area contributed by atoms with Gasteiger partial charge in [0.05, 0.1) is 11.2 Å². The average molecular weight is 521 g/mol. The van der Waals surface area contributed by atoms with Gasteiger partial charge in [-0.15, -0.1) is 34.4 Å². The summed E-state index contributed by atoms with van der Waals surface area (Å²) in [6.07, 6.45) is 3.50. The van der Waals surface area contributed by atoms with Crippen molar-refractivity contribution >= 4 is 69.1 Å². The molecule has 2 atom stereocenters. The van der Waals surface area contributed by atoms with Crippen molar-refractivity contribution in [2.75, 3.05) is 18.1 Å². The number of thioether (sulfide) groups is 1. The highest BCUT2D eigenvalue weighted by atomic mass is 32.2. The lowest BCUT2D eigenvalue weighted by Crippen LogP contribution is -2.71. The maximum absolute atomic E-state index is 12.9. The molecule has 0 aliphatic carbocycles. The SMILES string of the molecule is CCON=C(C(=O)NC1C(=O)N2C(C(=O)O)=C(C=Cc3scnc3C)CS[C@H]12)c1csc(N)n1. The Morgan fingerprint density at radius 1 is 1.41 bits per heavy atom. The van der Waals surface area contributed by atoms with Crippen LogP contribution in [-0.2, 0) is 19.2 Å². The second-order valence-electron chi connectivity index (χ2n) is 7.10. The first-order valence-electron chi connectivity index (χ1n) is 10.0. The van der Waals surface area contributed by atoms with E-state index in [9.17, 15) is 19.5 Å². The van der Waals surface area contributed by atoms with Crippen molar-refractivity contribution < 1.29 is 24.3 Å². The summed E-state index contributed by atoms with van der Waals surface area (Å²) in [4.78, 5) is 53.2. The average Bonchev–Trinajstić information content (AvgIpc) is 3.43. The number of amides is 2. The molecule has 178 valence electrons. The van der Waals surface area contributed by atoms with E-state index in [1.54, 1.807) is 30.0 Å². The number of aromatic nitrogens is 2. The fraction of sp³-hybridized carbons (Fsp3) is 0.300. The van der Waals surface area contributed by atoms with Crippen LogP contribution >= 0.6 is 34.4 Å². The van der Waals surface area contributed by atoms with E-state index in [-0.39, 0.29) is 28.8 Å². The van der Waals surface area contributed by atoms with Crippen LogP contribution in [0.1, 0.15) is 23.2 Å². The van der Waals surface area contributed by atoms with Crippen LogP contribution < -0.4 is 11.1 Å². The Labute approximate surface area is 206 Å². The van der Waals surface area contributed by atoms with Gasteiger partial charge in [-0.2, -0.15) is 0 Å². The van der Waals surface area contributed by atoms with E-state index >= 15 is 0 Å². The van der Waals surface area contributed by atoms with Gasteiger partial charge in [0, 0.05) is 16.0 Å². The minimum atomic E-state index is -1.21. The molecule has 0 saturated carbocycles. The van der Waals surface area contributed by atoms with Gasteiger partial charge in [0.1, 0.15) is 29.4 Å². The van der Waals surface area contributed by atoms with Gasteiger partial charge in [0.15, 0.2) is 10.8 Å². The minimum absolute atomic E-state index is 0.0897. The summed E-state index contributed by atoms with van der Waals surface area (Å²) in [5, 5.41) is 17.5. The van der Waals surface area contributed by atoms with E-state index < -0.39 is 29.2 Å². The number of carbonyl (C=O) groups excluding carboxylic acids is 2. The number of aryl methyl sites for hydroxylation is 1. The largest absolute Gasteiger partial charge is 0.477 e. The number of fused-ring (bicyclic) bond motifs is 1. The van der Waals surface area contributed by atoms with Gasteiger partial charge in [-0.3, -0.25) is 14.5 Å². The number of nitrogens with zero attached hydrogens (tertiary/aromatic N) is 4. The number of thiazole rings is 2. The van der Waals surface area contributed by atoms with Crippen LogP contribution in [0.5, 0.6) is 0 Å². The van der Waals surface area contributed by atoms with E-state index in [4.69, 9.17) is 10.6 Å². The molecule has 1 unspecified atom stereocenters. The maximum Gasteiger partial charge on any atom is 0.352 e. The van der Waals surface area contributed by atoms with Crippen molar-refractivity contribution in [1.29, 1.82) is 0 Å². The summed E-state index contributed by atoms with van der Waals surface area (Å²) in [6, 6.07) is -0.913. The lowest BCUT2D eigenvalue weighted by molar-refractivity contribution is -0.150. The molecule has 4 N–H and O–H groups in total. The van der Waals surface area contributed by atoms with Crippen molar-refractivity contribution in [2.45, 2.75) is 25.3 Å². The third-order valence-corrected chi connectivity index (χ3v) is 7.84. The van der Waals surface area contributed by atoms with Crippen LogP contribution in [0.2, 0.25) is 0 Å². The Bertz CT molecular complexity index is 1230. The molecule has 2 aliphatic rings. The number of rotatable bonds is 8. The Morgan fingerprint density at radius 2 is 2.21 bits per heavy atom. The van der Waals surface area contributed by atoms with Crippen molar-refractivity contribution in [3.05, 3.63) is 44.5 Å². The summed E-state index contributed by atoms with van der Waals surface area (Å²) in [5.41, 5.74) is 8.75. The number of aliphatic carboxylic acids is 1. The monoisotopic (exact) mass is 520 g/mol.